The van der Waals surface area contributed by atoms with Gasteiger partial charge in [0.1, 0.15) is 24.4 Å². The summed E-state index contributed by atoms with van der Waals surface area (Å²) in [6, 6.07) is 0. The zero-order valence-corrected chi connectivity index (χ0v) is 56.4. The van der Waals surface area contributed by atoms with E-state index >= 15 is 0 Å². The maximum Gasteiger partial charge on any atom is 0.323 e. The van der Waals surface area contributed by atoms with Gasteiger partial charge in [-0.2, -0.15) is 5.06 Å². The van der Waals surface area contributed by atoms with E-state index in [0.29, 0.717) is 77.0 Å². The zero-order valence-electron chi connectivity index (χ0n) is 56.4. The number of ether oxygens (including phenoxy) is 6. The molecule has 4 rings (SSSR count). The van der Waals surface area contributed by atoms with Gasteiger partial charge < -0.3 is 49.4 Å². The highest BCUT2D eigenvalue weighted by atomic mass is 16.6. The minimum atomic E-state index is -1.63. The van der Waals surface area contributed by atoms with E-state index < -0.39 is 86.3 Å². The Morgan fingerprint density at radius 2 is 0.671 bits per heavy atom. The zero-order chi connectivity index (χ0) is 64.3. The number of nitrogens with two attached hydrogens (primary N) is 1. The van der Waals surface area contributed by atoms with Crippen molar-refractivity contribution in [1.29, 1.82) is 0 Å². The predicted octanol–water partition coefficient (Wildman–Crippen LogP) is 10.3. The molecule has 19 heteroatoms. The van der Waals surface area contributed by atoms with Crippen molar-refractivity contribution < 1.29 is 78.1 Å². The first-order chi connectivity index (χ1) is 39.1. The molecule has 85 heavy (non-hydrogen) atoms. The predicted molar refractivity (Wildman–Crippen MR) is 327 cm³/mol. The first-order valence-electron chi connectivity index (χ1n) is 32.7. The summed E-state index contributed by atoms with van der Waals surface area (Å²) in [7, 11) is 0. The van der Waals surface area contributed by atoms with E-state index in [1.54, 1.807) is 10.1 Å². The van der Waals surface area contributed by atoms with Crippen molar-refractivity contribution >= 4 is 35.8 Å². The highest BCUT2D eigenvalue weighted by molar-refractivity contribution is 6.01. The van der Waals surface area contributed by atoms with E-state index in [-0.39, 0.29) is 93.7 Å². The van der Waals surface area contributed by atoms with Crippen molar-refractivity contribution in [3.63, 3.8) is 0 Å². The molecule has 4 aliphatic heterocycles. The summed E-state index contributed by atoms with van der Waals surface area (Å²) < 4.78 is 36.7. The van der Waals surface area contributed by atoms with E-state index in [1.165, 1.54) is 5.06 Å². The van der Waals surface area contributed by atoms with Crippen LogP contribution in [0.3, 0.4) is 0 Å². The van der Waals surface area contributed by atoms with Crippen molar-refractivity contribution in [3.05, 3.63) is 0 Å². The molecule has 492 valence electrons. The molecule has 19 nitrogen and oxygen atoms in total. The van der Waals surface area contributed by atoms with Crippen LogP contribution < -0.4 is 5.32 Å². The maximum atomic E-state index is 14.7. The molecule has 0 aromatic heterocycles. The molecule has 7 N–H and O–H groups in total. The SMILES string of the molecule is CCCCC(CCCOC(=O)CCCCCCCCC(=O)OCCCC(CCCC)(C(=O)OC1CC(C)(C)N([OH2+])C(C)(C)C1)C(=O)OC1CC(C)(C)N([OH2+])C(C)(C)C1)(C(=O)OC1CC(C)(C)[NH2+]C(C)(C)C1)C(=O)OC1CC(C)(C)N(O)C(C)(C)C1. The molecule has 0 spiro atoms. The largest absolute Gasteiger partial charge is 0.466 e. The van der Waals surface area contributed by atoms with Gasteiger partial charge in [0.05, 0.1) is 46.4 Å². The second-order valence-corrected chi connectivity index (χ2v) is 31.4. The molecule has 4 aliphatic rings. The van der Waals surface area contributed by atoms with Crippen LogP contribution in [0.4, 0.5) is 0 Å². The fourth-order valence-corrected chi connectivity index (χ4v) is 15.1. The van der Waals surface area contributed by atoms with Crippen LogP contribution in [0.1, 0.15) is 292 Å². The molecule has 4 heterocycles. The van der Waals surface area contributed by atoms with Crippen LogP contribution in [0.15, 0.2) is 0 Å². The van der Waals surface area contributed by atoms with Crippen molar-refractivity contribution in [3.8, 4) is 0 Å². The van der Waals surface area contributed by atoms with E-state index in [4.69, 9.17) is 38.8 Å². The molecule has 1 unspecified atom stereocenters. The highest BCUT2D eigenvalue weighted by Crippen LogP contribution is 2.45. The third kappa shape index (κ3) is 20.5. The van der Waals surface area contributed by atoms with Gasteiger partial charge in [-0.1, -0.05) is 75.3 Å². The smallest absolute Gasteiger partial charge is 0.323 e. The van der Waals surface area contributed by atoms with E-state index in [1.807, 2.05) is 96.9 Å². The van der Waals surface area contributed by atoms with Gasteiger partial charge in [0.25, 0.3) is 0 Å². The van der Waals surface area contributed by atoms with Crippen LogP contribution in [0.25, 0.3) is 0 Å². The molecular weight excluding hydrogens is 1090 g/mol. The van der Waals surface area contributed by atoms with Gasteiger partial charge in [0, 0.05) is 75.3 Å². The minimum Gasteiger partial charge on any atom is -0.466 e. The average molecular weight is 1210 g/mol. The fourth-order valence-electron chi connectivity index (χ4n) is 15.1. The number of hydrogen-bond acceptors (Lipinski definition) is 16. The van der Waals surface area contributed by atoms with Gasteiger partial charge >= 0.3 is 35.8 Å². The first-order valence-corrected chi connectivity index (χ1v) is 32.7. The van der Waals surface area contributed by atoms with E-state index in [9.17, 15) is 34.0 Å². The monoisotopic (exact) mass is 1210 g/mol. The summed E-state index contributed by atoms with van der Waals surface area (Å²) >= 11 is 0. The van der Waals surface area contributed by atoms with Crippen LogP contribution in [0.2, 0.25) is 0 Å². The Bertz CT molecular complexity index is 2100. The summed E-state index contributed by atoms with van der Waals surface area (Å²) in [4.78, 5) is 84.7. The Kier molecular flexibility index (Phi) is 26.0. The Morgan fingerprint density at radius 3 is 0.965 bits per heavy atom. The number of carbonyl (C=O) groups is 6. The number of piperidine rings is 4. The van der Waals surface area contributed by atoms with E-state index in [2.05, 4.69) is 33.0 Å². The molecule has 4 saturated heterocycles. The molecule has 0 amide bonds. The van der Waals surface area contributed by atoms with Gasteiger partial charge in [0.2, 0.25) is 0 Å². The number of hydroxylamine groups is 6. The average Bonchev–Trinajstić information content (AvgIpc) is 1.12. The molecular formula is C66H121N4O15+3. The molecule has 0 aliphatic carbocycles. The third-order valence-electron chi connectivity index (χ3n) is 18.8. The number of rotatable bonds is 31. The third-order valence-corrected chi connectivity index (χ3v) is 18.8. The van der Waals surface area contributed by atoms with Gasteiger partial charge in [-0.15, -0.1) is 0 Å². The molecule has 0 aromatic carbocycles. The topological polar surface area (TPSA) is 250 Å². The van der Waals surface area contributed by atoms with Crippen LogP contribution >= 0.6 is 0 Å². The lowest BCUT2D eigenvalue weighted by Crippen LogP contribution is -3.06. The first kappa shape index (κ1) is 74.0. The van der Waals surface area contributed by atoms with Crippen LogP contribution in [0, 0.1) is 10.8 Å². The molecule has 0 aromatic rings. The van der Waals surface area contributed by atoms with Gasteiger partial charge in [0.15, 0.2) is 10.8 Å². The second-order valence-electron chi connectivity index (χ2n) is 31.4. The Morgan fingerprint density at radius 1 is 0.412 bits per heavy atom. The highest BCUT2D eigenvalue weighted by Gasteiger charge is 2.57. The van der Waals surface area contributed by atoms with Crippen molar-refractivity contribution in [2.24, 2.45) is 10.8 Å². The Balaban J connectivity index is 1.27. The number of hydrogen-bond donors (Lipinski definition) is 2. The van der Waals surface area contributed by atoms with Gasteiger partial charge in [-0.05, 0) is 162 Å². The lowest BCUT2D eigenvalue weighted by atomic mass is 9.77. The standard InChI is InChI=1S/C66H118N4O15/c1-19-21-33-65(53(73)82-47-39-57(3,4)67-58(5,6)40-47,54(74)83-48-41-59(7,8)68(77)60(9,10)42-48)35-29-37-80-51(71)31-27-25-23-24-26-28-32-52(72)81-38-30-36-66(34-22-20-2,55(75)84-49-43-61(11,12)69(78)62(13,14)44-49)56(76)85-50-45-63(15,16)70(79)64(17,18)46-50/h47-50,67,77-79H,19-46H2,1-18H3/p+3. The molecule has 0 radical (unpaired) electrons. The molecule has 1 atom stereocenters. The number of quaternary nitrogens is 1. The molecule has 0 bridgehead atoms. The van der Waals surface area contributed by atoms with Crippen LogP contribution in [-0.2, 0) is 57.2 Å². The van der Waals surface area contributed by atoms with Gasteiger partial charge in [-0.25, -0.2) is 0 Å². The van der Waals surface area contributed by atoms with E-state index in [0.717, 1.165) is 38.5 Å². The minimum absolute atomic E-state index is 0.0241. The van der Waals surface area contributed by atoms with Crippen molar-refractivity contribution in [1.82, 2.24) is 15.2 Å². The number of nitrogens with zero attached hydrogens (tertiary/aromatic N) is 3. The lowest BCUT2D eigenvalue weighted by molar-refractivity contribution is -0.789. The van der Waals surface area contributed by atoms with Crippen molar-refractivity contribution in [2.45, 2.75) is 360 Å². The van der Waals surface area contributed by atoms with Crippen LogP contribution in [-0.4, -0.2) is 149 Å². The number of unbranched alkanes of at least 4 members (excludes halogenated alkanes) is 7. The molecule has 0 saturated carbocycles. The Hall–Kier alpha value is -3.46. The Labute approximate surface area is 511 Å². The summed E-state index contributed by atoms with van der Waals surface area (Å²) in [5.41, 5.74) is -7.24. The van der Waals surface area contributed by atoms with Crippen molar-refractivity contribution in [2.75, 3.05) is 13.2 Å². The molecule has 4 fully saturated rings. The summed E-state index contributed by atoms with van der Waals surface area (Å²) in [6.45, 7) is 35.9. The lowest BCUT2D eigenvalue weighted by Gasteiger charge is -2.51. The summed E-state index contributed by atoms with van der Waals surface area (Å²) in [6.07, 6.45) is 10.6. The summed E-state index contributed by atoms with van der Waals surface area (Å²) in [5, 5.41) is 35.3. The number of carbonyl (C=O) groups excluding carboxylic acids is 6. The quantitative estimate of drug-likeness (QED) is 0.0215. The second kappa shape index (κ2) is 29.9. The number of esters is 6. The normalized spacial score (nSPS) is 23.3. The maximum absolute atomic E-state index is 14.7. The van der Waals surface area contributed by atoms with Crippen LogP contribution in [0.5, 0.6) is 0 Å². The van der Waals surface area contributed by atoms with Gasteiger partial charge in [-0.3, -0.25) is 28.8 Å². The fraction of sp³-hybridized carbons (Fsp3) is 0.909. The summed E-state index contributed by atoms with van der Waals surface area (Å²) in [5.74, 6) is -3.17.